The summed E-state index contributed by atoms with van der Waals surface area (Å²) >= 11 is 0. The van der Waals surface area contributed by atoms with Gasteiger partial charge in [0.15, 0.2) is 5.82 Å². The van der Waals surface area contributed by atoms with Gasteiger partial charge in [0.2, 0.25) is 0 Å². The highest BCUT2D eigenvalue weighted by Crippen LogP contribution is 2.53. The normalized spacial score (nSPS) is 19.2. The van der Waals surface area contributed by atoms with Gasteiger partial charge >= 0.3 is 6.18 Å². The van der Waals surface area contributed by atoms with Gasteiger partial charge in [-0.15, -0.1) is 10.2 Å². The van der Waals surface area contributed by atoms with E-state index in [1.54, 1.807) is 35.4 Å². The Balaban J connectivity index is 1.19. The molecule has 0 unspecified atom stereocenters. The van der Waals surface area contributed by atoms with E-state index in [1.807, 2.05) is 19.2 Å². The number of amides is 1. The fourth-order valence-corrected chi connectivity index (χ4v) is 7.14. The van der Waals surface area contributed by atoms with Crippen LogP contribution in [-0.2, 0) is 26.3 Å². The van der Waals surface area contributed by atoms with Crippen LogP contribution in [0, 0.1) is 16.7 Å². The van der Waals surface area contributed by atoms with E-state index in [2.05, 4.69) is 31.5 Å². The largest absolute Gasteiger partial charge is 0.416 e. The summed E-state index contributed by atoms with van der Waals surface area (Å²) < 4.78 is 45.4. The Morgan fingerprint density at radius 2 is 1.89 bits per heavy atom. The number of likely N-dealkylation sites (tertiary alicyclic amines) is 1. The zero-order chi connectivity index (χ0) is 32.6. The van der Waals surface area contributed by atoms with Gasteiger partial charge in [0, 0.05) is 49.2 Å². The Bertz CT molecular complexity index is 1950. The SMILES string of the molecule is Cn1cnnc1-c1ccncc1-c1cc(NC2(CC#N)CC2)nc(N2Cc3c(cc(CN4CCC5(CC5)C4)cc3C(F)(F)F)C2=O)c1. The molecular weight excluding hydrogens is 607 g/mol. The number of hydrogen-bond donors (Lipinski definition) is 1. The zero-order valence-electron chi connectivity index (χ0n) is 25.8. The van der Waals surface area contributed by atoms with Crippen molar-refractivity contribution >= 4 is 17.5 Å². The van der Waals surface area contributed by atoms with Crippen LogP contribution in [0.25, 0.3) is 22.5 Å². The van der Waals surface area contributed by atoms with E-state index in [4.69, 9.17) is 4.98 Å². The predicted molar refractivity (Wildman–Crippen MR) is 167 cm³/mol. The molecule has 2 aliphatic heterocycles. The topological polar surface area (TPSA) is 116 Å². The Morgan fingerprint density at radius 1 is 1.06 bits per heavy atom. The number of nitriles is 1. The van der Waals surface area contributed by atoms with Crippen LogP contribution < -0.4 is 10.2 Å². The molecule has 13 heteroatoms. The fraction of sp³-hybridized carbons (Fsp3) is 0.412. The smallest absolute Gasteiger partial charge is 0.364 e. The first-order chi connectivity index (χ1) is 22.6. The molecule has 1 spiro atoms. The molecule has 8 rings (SSSR count). The third-order valence-corrected chi connectivity index (χ3v) is 10.1. The minimum atomic E-state index is -4.63. The number of pyridine rings is 2. The van der Waals surface area contributed by atoms with Crippen LogP contribution in [0.5, 0.6) is 0 Å². The van der Waals surface area contributed by atoms with Crippen molar-refractivity contribution in [1.29, 1.82) is 5.26 Å². The van der Waals surface area contributed by atoms with Crippen molar-refractivity contribution in [3.05, 3.63) is 71.3 Å². The summed E-state index contributed by atoms with van der Waals surface area (Å²) in [6.45, 7) is 1.84. The molecule has 0 radical (unpaired) electrons. The van der Waals surface area contributed by atoms with Gasteiger partial charge in [-0.2, -0.15) is 18.4 Å². The number of benzene rings is 1. The number of halogens is 3. The summed E-state index contributed by atoms with van der Waals surface area (Å²) in [5.41, 5.74) is 1.68. The number of carbonyl (C=O) groups excluding carboxylic acids is 1. The Hall–Kier alpha value is -4.83. The lowest BCUT2D eigenvalue weighted by molar-refractivity contribution is -0.138. The summed E-state index contributed by atoms with van der Waals surface area (Å²) in [6, 6.07) is 10.4. The zero-order valence-corrected chi connectivity index (χ0v) is 25.8. The standard InChI is InChI=1S/C34H32F3N9O/c1-44-20-40-43-30(44)23-2-10-39-16-25(23)22-14-28(42-33(5-6-33)7-9-38)41-29(15-22)46-18-26-24(31(46)47)12-21(13-27(26)34(35,36)37)17-45-11-8-32(19-45)3-4-32/h2,10,12-16,20H,3-8,11,17-19H2,1H3,(H,41,42). The molecule has 0 bridgehead atoms. The van der Waals surface area contributed by atoms with E-state index in [0.29, 0.717) is 40.3 Å². The molecule has 3 fully saturated rings. The highest BCUT2D eigenvalue weighted by Gasteiger charge is 2.48. The van der Waals surface area contributed by atoms with E-state index in [0.717, 1.165) is 37.9 Å². The van der Waals surface area contributed by atoms with Gasteiger partial charge < -0.3 is 9.88 Å². The summed E-state index contributed by atoms with van der Waals surface area (Å²) in [5, 5.41) is 21.1. The van der Waals surface area contributed by atoms with Crippen LogP contribution in [-0.4, -0.2) is 54.2 Å². The van der Waals surface area contributed by atoms with E-state index in [-0.39, 0.29) is 29.9 Å². The van der Waals surface area contributed by atoms with Gasteiger partial charge in [-0.05, 0) is 91.1 Å². The highest BCUT2D eigenvalue weighted by molar-refractivity contribution is 6.10. The lowest BCUT2D eigenvalue weighted by atomic mass is 9.98. The monoisotopic (exact) mass is 639 g/mol. The van der Waals surface area contributed by atoms with Crippen LogP contribution in [0.4, 0.5) is 24.8 Å². The van der Waals surface area contributed by atoms with Crippen molar-refractivity contribution in [2.24, 2.45) is 12.5 Å². The van der Waals surface area contributed by atoms with Crippen molar-refractivity contribution in [3.8, 4) is 28.6 Å². The van der Waals surface area contributed by atoms with Gasteiger partial charge in [0.05, 0.1) is 30.1 Å². The first kappa shape index (κ1) is 29.6. The summed E-state index contributed by atoms with van der Waals surface area (Å²) in [7, 11) is 1.82. The van der Waals surface area contributed by atoms with Gasteiger partial charge in [-0.25, -0.2) is 4.98 Å². The summed E-state index contributed by atoms with van der Waals surface area (Å²) in [6.07, 6.45) is 5.53. The van der Waals surface area contributed by atoms with Gasteiger partial charge in [-0.1, -0.05) is 0 Å². The first-order valence-electron chi connectivity index (χ1n) is 15.8. The Labute approximate surface area is 269 Å². The molecule has 1 N–H and O–H groups in total. The fourth-order valence-electron chi connectivity index (χ4n) is 7.14. The van der Waals surface area contributed by atoms with E-state index in [9.17, 15) is 23.2 Å². The molecular formula is C34H32F3N9O. The number of alkyl halides is 3. The Morgan fingerprint density at radius 3 is 2.57 bits per heavy atom. The number of aromatic nitrogens is 5. The lowest BCUT2D eigenvalue weighted by Crippen LogP contribution is -2.26. The predicted octanol–water partition coefficient (Wildman–Crippen LogP) is 5.96. The van der Waals surface area contributed by atoms with Crippen LogP contribution in [0.1, 0.15) is 65.6 Å². The molecule has 0 atom stereocenters. The maximum atomic E-state index is 14.5. The molecule has 240 valence electrons. The minimum absolute atomic E-state index is 0.0441. The number of aryl methyl sites for hydroxylation is 1. The number of anilines is 2. The number of carbonyl (C=O) groups is 1. The summed E-state index contributed by atoms with van der Waals surface area (Å²) in [5.74, 6) is 0.690. The molecule has 4 aromatic rings. The maximum absolute atomic E-state index is 14.5. The minimum Gasteiger partial charge on any atom is -0.364 e. The highest BCUT2D eigenvalue weighted by atomic mass is 19.4. The number of nitrogens with one attached hydrogen (secondary N) is 1. The molecule has 5 heterocycles. The third kappa shape index (κ3) is 5.40. The number of fused-ring (bicyclic) bond motifs is 1. The lowest BCUT2D eigenvalue weighted by Gasteiger charge is -2.21. The number of hydrogen-bond acceptors (Lipinski definition) is 8. The quantitative estimate of drug-likeness (QED) is 0.251. The third-order valence-electron chi connectivity index (χ3n) is 10.1. The second-order valence-corrected chi connectivity index (χ2v) is 13.5. The molecule has 1 amide bonds. The number of rotatable bonds is 8. The van der Waals surface area contributed by atoms with Crippen molar-refractivity contribution in [2.75, 3.05) is 23.3 Å². The average molecular weight is 640 g/mol. The average Bonchev–Trinajstić information content (AvgIpc) is 3.83. The van der Waals surface area contributed by atoms with Crippen molar-refractivity contribution in [1.82, 2.24) is 29.6 Å². The second-order valence-electron chi connectivity index (χ2n) is 13.5. The molecule has 10 nitrogen and oxygen atoms in total. The van der Waals surface area contributed by atoms with Crippen LogP contribution in [0.15, 0.2) is 49.1 Å². The van der Waals surface area contributed by atoms with Crippen LogP contribution in [0.3, 0.4) is 0 Å². The second kappa shape index (κ2) is 10.6. The van der Waals surface area contributed by atoms with E-state index < -0.39 is 23.2 Å². The molecule has 47 heavy (non-hydrogen) atoms. The van der Waals surface area contributed by atoms with Gasteiger partial charge in [0.25, 0.3) is 5.91 Å². The first-order valence-corrected chi connectivity index (χ1v) is 15.8. The summed E-state index contributed by atoms with van der Waals surface area (Å²) in [4.78, 5) is 26.6. The van der Waals surface area contributed by atoms with E-state index in [1.165, 1.54) is 23.8 Å². The van der Waals surface area contributed by atoms with Gasteiger partial charge in [-0.3, -0.25) is 19.6 Å². The number of nitrogens with zero attached hydrogens (tertiary/aromatic N) is 8. The molecule has 2 saturated carbocycles. The molecule has 4 aliphatic rings. The van der Waals surface area contributed by atoms with Gasteiger partial charge in [0.1, 0.15) is 18.0 Å². The van der Waals surface area contributed by atoms with E-state index >= 15 is 0 Å². The maximum Gasteiger partial charge on any atom is 0.416 e. The molecule has 1 saturated heterocycles. The molecule has 3 aromatic heterocycles. The van der Waals surface area contributed by atoms with Crippen molar-refractivity contribution in [3.63, 3.8) is 0 Å². The van der Waals surface area contributed by atoms with Crippen LogP contribution in [0.2, 0.25) is 0 Å². The van der Waals surface area contributed by atoms with Crippen LogP contribution >= 0.6 is 0 Å². The van der Waals surface area contributed by atoms with Crippen molar-refractivity contribution in [2.45, 2.75) is 63.3 Å². The molecule has 1 aromatic carbocycles. The molecule has 2 aliphatic carbocycles. The van der Waals surface area contributed by atoms with Crippen molar-refractivity contribution < 1.29 is 18.0 Å². The Kier molecular flexibility index (Phi) is 6.67.